The molecule has 126 valence electrons. The van der Waals surface area contributed by atoms with Crippen molar-refractivity contribution in [2.24, 2.45) is 5.73 Å². The first-order chi connectivity index (χ1) is 11.0. The van der Waals surface area contributed by atoms with Gasteiger partial charge in [-0.25, -0.2) is 4.98 Å². The summed E-state index contributed by atoms with van der Waals surface area (Å²) in [6.45, 7) is 0. The summed E-state index contributed by atoms with van der Waals surface area (Å²) in [5.41, 5.74) is 2.16. The van der Waals surface area contributed by atoms with Gasteiger partial charge in [0.05, 0.1) is 16.6 Å². The molecule has 3 aromatic rings. The molecule has 0 fully saturated rings. The maximum absolute atomic E-state index is 13.2. The number of nitrogen functional groups attached to an aromatic ring is 1. The van der Waals surface area contributed by atoms with Gasteiger partial charge >= 0.3 is 12.4 Å². The third-order valence-electron chi connectivity index (χ3n) is 3.46. The number of benzene rings is 1. The molecule has 0 spiro atoms. The summed E-state index contributed by atoms with van der Waals surface area (Å²) in [6.07, 6.45) is -8.78. The Kier molecular flexibility index (Phi) is 3.26. The zero-order chi connectivity index (χ0) is 17.9. The van der Waals surface area contributed by atoms with Crippen LogP contribution in [0.4, 0.5) is 26.3 Å². The Hall–Kier alpha value is -2.78. The number of nitrogens with zero attached hydrogens (tertiary/aromatic N) is 2. The Balaban J connectivity index is 2.47. The van der Waals surface area contributed by atoms with E-state index in [4.69, 9.17) is 11.1 Å². The Labute approximate surface area is 130 Å². The summed E-state index contributed by atoms with van der Waals surface area (Å²) in [5.74, 6) is -0.449. The lowest BCUT2D eigenvalue weighted by molar-refractivity contribution is -0.142. The van der Waals surface area contributed by atoms with Gasteiger partial charge in [0.2, 0.25) is 0 Å². The lowest BCUT2D eigenvalue weighted by Crippen LogP contribution is -2.12. The van der Waals surface area contributed by atoms with Crippen LogP contribution in [0.15, 0.2) is 30.5 Å². The maximum atomic E-state index is 13.2. The fourth-order valence-corrected chi connectivity index (χ4v) is 2.40. The zero-order valence-corrected chi connectivity index (χ0v) is 11.6. The lowest BCUT2D eigenvalue weighted by Gasteiger charge is -2.15. The predicted molar refractivity (Wildman–Crippen MR) is 73.7 cm³/mol. The van der Waals surface area contributed by atoms with E-state index in [9.17, 15) is 26.3 Å². The fourth-order valence-electron chi connectivity index (χ4n) is 2.40. The van der Waals surface area contributed by atoms with Crippen LogP contribution < -0.4 is 5.73 Å². The van der Waals surface area contributed by atoms with Crippen molar-refractivity contribution in [2.75, 3.05) is 0 Å². The van der Waals surface area contributed by atoms with E-state index in [-0.39, 0.29) is 22.9 Å². The van der Waals surface area contributed by atoms with Crippen LogP contribution in [0.1, 0.15) is 16.8 Å². The Morgan fingerprint density at radius 2 is 1.71 bits per heavy atom. The molecule has 24 heavy (non-hydrogen) atoms. The molecule has 0 saturated heterocycles. The number of nitrogens with one attached hydrogen (secondary N) is 1. The first-order valence-electron chi connectivity index (χ1n) is 6.43. The molecule has 0 aliphatic heterocycles. The minimum Gasteiger partial charge on any atom is -0.382 e. The average molecular weight is 346 g/mol. The van der Waals surface area contributed by atoms with Crippen molar-refractivity contribution < 1.29 is 26.3 Å². The molecule has 0 aliphatic rings. The van der Waals surface area contributed by atoms with Crippen LogP contribution in [0, 0.1) is 5.41 Å². The highest BCUT2D eigenvalue weighted by molar-refractivity contribution is 5.95. The highest BCUT2D eigenvalue weighted by atomic mass is 19.4. The molecule has 0 saturated carbocycles. The average Bonchev–Trinajstić information content (AvgIpc) is 2.88. The first kappa shape index (κ1) is 16.1. The third kappa shape index (κ3) is 2.53. The van der Waals surface area contributed by atoms with Gasteiger partial charge in [-0.05, 0) is 24.3 Å². The summed E-state index contributed by atoms with van der Waals surface area (Å²) >= 11 is 0. The van der Waals surface area contributed by atoms with Crippen LogP contribution in [0.5, 0.6) is 0 Å². The van der Waals surface area contributed by atoms with Gasteiger partial charge in [0.15, 0.2) is 0 Å². The number of fused-ring (bicyclic) bond motifs is 3. The van der Waals surface area contributed by atoms with E-state index in [1.807, 2.05) is 0 Å². The quantitative estimate of drug-likeness (QED) is 0.400. The van der Waals surface area contributed by atoms with Crippen molar-refractivity contribution in [3.63, 3.8) is 0 Å². The van der Waals surface area contributed by atoms with Crippen molar-refractivity contribution in [1.82, 2.24) is 9.38 Å². The lowest BCUT2D eigenvalue weighted by atomic mass is 10.0. The SMILES string of the molecule is N=C(N)c1cn2c(ccc3c(C(F)(F)F)cc(C(F)(F)F)cc32)n1. The maximum Gasteiger partial charge on any atom is 0.417 e. The smallest absolute Gasteiger partial charge is 0.382 e. The van der Waals surface area contributed by atoms with Crippen LogP contribution in [-0.2, 0) is 12.4 Å². The van der Waals surface area contributed by atoms with Gasteiger partial charge in [-0.3, -0.25) is 9.81 Å². The summed E-state index contributed by atoms with van der Waals surface area (Å²) in [7, 11) is 0. The monoisotopic (exact) mass is 346 g/mol. The number of imidazole rings is 1. The molecule has 1 aromatic carbocycles. The van der Waals surface area contributed by atoms with Gasteiger partial charge in [0.25, 0.3) is 0 Å². The van der Waals surface area contributed by atoms with Gasteiger partial charge in [0.1, 0.15) is 17.2 Å². The van der Waals surface area contributed by atoms with E-state index in [0.29, 0.717) is 6.07 Å². The molecule has 0 bridgehead atoms. The van der Waals surface area contributed by atoms with E-state index in [1.165, 1.54) is 6.07 Å². The van der Waals surface area contributed by atoms with Crippen molar-refractivity contribution in [2.45, 2.75) is 12.4 Å². The third-order valence-corrected chi connectivity index (χ3v) is 3.46. The number of amidine groups is 1. The molecule has 0 radical (unpaired) electrons. The highest BCUT2D eigenvalue weighted by Gasteiger charge is 2.38. The molecule has 3 rings (SSSR count). The Bertz CT molecular complexity index is 967. The number of hydrogen-bond acceptors (Lipinski definition) is 2. The van der Waals surface area contributed by atoms with Crippen LogP contribution in [0.25, 0.3) is 16.6 Å². The number of aromatic nitrogens is 2. The topological polar surface area (TPSA) is 67.2 Å². The molecular formula is C14H8F6N4. The van der Waals surface area contributed by atoms with E-state index in [2.05, 4.69) is 4.98 Å². The van der Waals surface area contributed by atoms with Crippen LogP contribution in [-0.4, -0.2) is 15.2 Å². The van der Waals surface area contributed by atoms with Crippen molar-refractivity contribution in [3.05, 3.63) is 47.3 Å². The summed E-state index contributed by atoms with van der Waals surface area (Å²) in [4.78, 5) is 3.90. The molecule has 10 heteroatoms. The molecule has 4 nitrogen and oxygen atoms in total. The van der Waals surface area contributed by atoms with E-state index in [1.54, 1.807) is 0 Å². The second-order valence-corrected chi connectivity index (χ2v) is 5.05. The predicted octanol–water partition coefficient (Wildman–Crippen LogP) is 3.81. The Morgan fingerprint density at radius 3 is 2.25 bits per heavy atom. The van der Waals surface area contributed by atoms with Gasteiger partial charge in [-0.1, -0.05) is 0 Å². The number of alkyl halides is 6. The number of nitrogens with two attached hydrogens (primary N) is 1. The second-order valence-electron chi connectivity index (χ2n) is 5.05. The molecule has 2 heterocycles. The summed E-state index contributed by atoms with van der Waals surface area (Å²) in [6, 6.07) is 2.96. The van der Waals surface area contributed by atoms with E-state index >= 15 is 0 Å². The molecular weight excluding hydrogens is 338 g/mol. The van der Waals surface area contributed by atoms with Crippen molar-refractivity contribution in [1.29, 1.82) is 5.41 Å². The zero-order valence-electron chi connectivity index (χ0n) is 11.6. The highest BCUT2D eigenvalue weighted by Crippen LogP contribution is 2.40. The standard InChI is InChI=1S/C14H8F6N4/c15-13(16,17)6-3-8(14(18,19)20)7-1-2-11-23-9(12(21)22)5-24(11)10(7)4-6/h1-5H,(H3,21,22). The van der Waals surface area contributed by atoms with Crippen molar-refractivity contribution in [3.8, 4) is 0 Å². The van der Waals surface area contributed by atoms with E-state index < -0.39 is 34.7 Å². The number of halogens is 6. The molecule has 0 unspecified atom stereocenters. The Morgan fingerprint density at radius 1 is 1.04 bits per heavy atom. The second kappa shape index (κ2) is 4.86. The molecule has 3 N–H and O–H groups in total. The minimum atomic E-state index is -4.96. The number of rotatable bonds is 1. The van der Waals surface area contributed by atoms with Crippen molar-refractivity contribution >= 4 is 22.4 Å². The van der Waals surface area contributed by atoms with Crippen LogP contribution >= 0.6 is 0 Å². The largest absolute Gasteiger partial charge is 0.417 e. The molecule has 0 atom stereocenters. The van der Waals surface area contributed by atoms with Gasteiger partial charge in [-0.2, -0.15) is 26.3 Å². The molecule has 0 aliphatic carbocycles. The first-order valence-corrected chi connectivity index (χ1v) is 6.43. The number of pyridine rings is 1. The van der Waals surface area contributed by atoms with Gasteiger partial charge < -0.3 is 5.73 Å². The van der Waals surface area contributed by atoms with E-state index in [0.717, 1.165) is 16.7 Å². The molecule has 2 aromatic heterocycles. The molecule has 0 amide bonds. The fraction of sp³-hybridized carbons (Fsp3) is 0.143. The summed E-state index contributed by atoms with van der Waals surface area (Å²) in [5, 5.41) is 6.89. The van der Waals surface area contributed by atoms with Crippen LogP contribution in [0.2, 0.25) is 0 Å². The minimum absolute atomic E-state index is 0.0477. The van der Waals surface area contributed by atoms with Gasteiger partial charge in [0, 0.05) is 11.6 Å². The normalized spacial score (nSPS) is 12.9. The van der Waals surface area contributed by atoms with Gasteiger partial charge in [-0.15, -0.1) is 0 Å². The number of hydrogen-bond donors (Lipinski definition) is 2. The van der Waals surface area contributed by atoms with Crippen LogP contribution in [0.3, 0.4) is 0 Å². The summed E-state index contributed by atoms with van der Waals surface area (Å²) < 4.78 is 79.5.